The van der Waals surface area contributed by atoms with Crippen LogP contribution in [0.5, 0.6) is 5.75 Å². The van der Waals surface area contributed by atoms with E-state index in [1.165, 1.54) is 15.6 Å². The van der Waals surface area contributed by atoms with Crippen LogP contribution in [0.1, 0.15) is 24.1 Å². The molecule has 1 unspecified atom stereocenters. The topological polar surface area (TPSA) is 35.2 Å². The van der Waals surface area contributed by atoms with E-state index < -0.39 is 0 Å². The highest BCUT2D eigenvalue weighted by Gasteiger charge is 2.10. The standard InChI is InChI=1S/C17H16BrNOS/c1-11(19)14-7-6-13(18)8-16(14)20-9-12-10-21-17-5-3-2-4-15(12)17/h2-8,10-11H,9,19H2,1H3. The molecule has 2 N–H and O–H groups in total. The second-order valence-electron chi connectivity index (χ2n) is 5.02. The van der Waals surface area contributed by atoms with Gasteiger partial charge in [0.15, 0.2) is 0 Å². The normalized spacial score (nSPS) is 12.5. The van der Waals surface area contributed by atoms with E-state index in [0.717, 1.165) is 15.8 Å². The van der Waals surface area contributed by atoms with Crippen LogP contribution in [0.2, 0.25) is 0 Å². The van der Waals surface area contributed by atoms with Crippen molar-refractivity contribution in [1.82, 2.24) is 0 Å². The number of fused-ring (bicyclic) bond motifs is 1. The third-order valence-corrected chi connectivity index (χ3v) is 4.92. The number of thiophene rings is 1. The van der Waals surface area contributed by atoms with E-state index in [4.69, 9.17) is 10.5 Å². The average molecular weight is 362 g/mol. The van der Waals surface area contributed by atoms with Gasteiger partial charge in [0.05, 0.1) is 0 Å². The number of rotatable bonds is 4. The largest absolute Gasteiger partial charge is 0.488 e. The number of hydrogen-bond acceptors (Lipinski definition) is 3. The summed E-state index contributed by atoms with van der Waals surface area (Å²) in [6, 6.07) is 14.3. The Kier molecular flexibility index (Phi) is 4.29. The van der Waals surface area contributed by atoms with Crippen LogP contribution >= 0.6 is 27.3 Å². The maximum absolute atomic E-state index is 6.03. The van der Waals surface area contributed by atoms with E-state index >= 15 is 0 Å². The molecule has 108 valence electrons. The fourth-order valence-electron chi connectivity index (χ4n) is 2.31. The third-order valence-electron chi connectivity index (χ3n) is 3.41. The third kappa shape index (κ3) is 3.12. The zero-order chi connectivity index (χ0) is 14.8. The van der Waals surface area contributed by atoms with Gasteiger partial charge >= 0.3 is 0 Å². The molecule has 0 aliphatic heterocycles. The van der Waals surface area contributed by atoms with Crippen molar-refractivity contribution in [3.05, 3.63) is 63.4 Å². The summed E-state index contributed by atoms with van der Waals surface area (Å²) in [5, 5.41) is 3.42. The number of nitrogens with two attached hydrogens (primary N) is 1. The van der Waals surface area contributed by atoms with Gasteiger partial charge in [0.1, 0.15) is 12.4 Å². The quantitative estimate of drug-likeness (QED) is 0.687. The van der Waals surface area contributed by atoms with Gasteiger partial charge < -0.3 is 10.5 Å². The molecule has 2 aromatic carbocycles. The van der Waals surface area contributed by atoms with E-state index in [0.29, 0.717) is 6.61 Å². The summed E-state index contributed by atoms with van der Waals surface area (Å²) in [6.45, 7) is 2.52. The Morgan fingerprint density at radius 2 is 2.05 bits per heavy atom. The Morgan fingerprint density at radius 1 is 1.24 bits per heavy atom. The Bertz CT molecular complexity index is 766. The second-order valence-corrected chi connectivity index (χ2v) is 6.84. The van der Waals surface area contributed by atoms with Crippen LogP contribution in [-0.2, 0) is 6.61 Å². The van der Waals surface area contributed by atoms with Gasteiger partial charge in [0.2, 0.25) is 0 Å². The van der Waals surface area contributed by atoms with Crippen molar-refractivity contribution in [2.45, 2.75) is 19.6 Å². The van der Waals surface area contributed by atoms with Crippen molar-refractivity contribution in [3.63, 3.8) is 0 Å². The lowest BCUT2D eigenvalue weighted by atomic mass is 10.1. The highest BCUT2D eigenvalue weighted by Crippen LogP contribution is 2.30. The molecule has 0 amide bonds. The lowest BCUT2D eigenvalue weighted by molar-refractivity contribution is 0.303. The van der Waals surface area contributed by atoms with Gasteiger partial charge in [-0.2, -0.15) is 0 Å². The minimum atomic E-state index is -0.0488. The van der Waals surface area contributed by atoms with E-state index in [2.05, 4.69) is 45.6 Å². The molecule has 1 aromatic heterocycles. The molecule has 0 bridgehead atoms. The van der Waals surface area contributed by atoms with Gasteiger partial charge in [-0.1, -0.05) is 40.2 Å². The highest BCUT2D eigenvalue weighted by atomic mass is 79.9. The fraction of sp³-hybridized carbons (Fsp3) is 0.176. The molecule has 0 spiro atoms. The Morgan fingerprint density at radius 3 is 2.86 bits per heavy atom. The lowest BCUT2D eigenvalue weighted by Crippen LogP contribution is -2.08. The van der Waals surface area contributed by atoms with Crippen LogP contribution in [-0.4, -0.2) is 0 Å². The van der Waals surface area contributed by atoms with Gasteiger partial charge in [0, 0.05) is 26.3 Å². The van der Waals surface area contributed by atoms with E-state index in [-0.39, 0.29) is 6.04 Å². The summed E-state index contributed by atoms with van der Waals surface area (Å²) < 4.78 is 8.32. The van der Waals surface area contributed by atoms with E-state index in [9.17, 15) is 0 Å². The fourth-order valence-corrected chi connectivity index (χ4v) is 3.60. The average Bonchev–Trinajstić information content (AvgIpc) is 2.88. The predicted molar refractivity (Wildman–Crippen MR) is 92.9 cm³/mol. The second kappa shape index (κ2) is 6.18. The van der Waals surface area contributed by atoms with Gasteiger partial charge in [-0.25, -0.2) is 0 Å². The number of halogens is 1. The van der Waals surface area contributed by atoms with E-state index in [1.54, 1.807) is 11.3 Å². The molecule has 3 rings (SSSR count). The molecular formula is C17H16BrNOS. The maximum atomic E-state index is 6.03. The van der Waals surface area contributed by atoms with Gasteiger partial charge in [-0.3, -0.25) is 0 Å². The number of hydrogen-bond donors (Lipinski definition) is 1. The minimum Gasteiger partial charge on any atom is -0.488 e. The number of benzene rings is 2. The molecule has 4 heteroatoms. The van der Waals surface area contributed by atoms with Crippen LogP contribution in [0.4, 0.5) is 0 Å². The van der Waals surface area contributed by atoms with Crippen molar-refractivity contribution < 1.29 is 4.74 Å². The van der Waals surface area contributed by atoms with Crippen LogP contribution in [0.3, 0.4) is 0 Å². The first-order valence-electron chi connectivity index (χ1n) is 6.78. The monoisotopic (exact) mass is 361 g/mol. The molecular weight excluding hydrogens is 346 g/mol. The van der Waals surface area contributed by atoms with Crippen molar-refractivity contribution in [3.8, 4) is 5.75 Å². The van der Waals surface area contributed by atoms with E-state index in [1.807, 2.05) is 25.1 Å². The molecule has 0 saturated carbocycles. The number of ether oxygens (including phenoxy) is 1. The van der Waals surface area contributed by atoms with Crippen molar-refractivity contribution in [2.75, 3.05) is 0 Å². The summed E-state index contributed by atoms with van der Waals surface area (Å²) in [7, 11) is 0. The molecule has 0 radical (unpaired) electrons. The van der Waals surface area contributed by atoms with Crippen LogP contribution in [0, 0.1) is 0 Å². The SMILES string of the molecule is CC(N)c1ccc(Br)cc1OCc1csc2ccccc12. The minimum absolute atomic E-state index is 0.0488. The molecule has 2 nitrogen and oxygen atoms in total. The van der Waals surface area contributed by atoms with Crippen molar-refractivity contribution in [1.29, 1.82) is 0 Å². The predicted octanol–water partition coefficient (Wildman–Crippen LogP) is 5.26. The summed E-state index contributed by atoms with van der Waals surface area (Å²) >= 11 is 5.23. The molecule has 0 aliphatic carbocycles. The zero-order valence-corrected chi connectivity index (χ0v) is 14.1. The smallest absolute Gasteiger partial charge is 0.125 e. The summed E-state index contributed by atoms with van der Waals surface area (Å²) in [5.41, 5.74) is 8.25. The van der Waals surface area contributed by atoms with Crippen LogP contribution in [0.15, 0.2) is 52.3 Å². The van der Waals surface area contributed by atoms with Crippen molar-refractivity contribution in [2.24, 2.45) is 5.73 Å². The first kappa shape index (κ1) is 14.6. The Hall–Kier alpha value is -1.36. The van der Waals surface area contributed by atoms with Crippen LogP contribution in [0.25, 0.3) is 10.1 Å². The molecule has 0 saturated heterocycles. The lowest BCUT2D eigenvalue weighted by Gasteiger charge is -2.14. The van der Waals surface area contributed by atoms with Crippen molar-refractivity contribution >= 4 is 37.4 Å². The van der Waals surface area contributed by atoms with Gasteiger partial charge in [0.25, 0.3) is 0 Å². The first-order chi connectivity index (χ1) is 10.1. The highest BCUT2D eigenvalue weighted by molar-refractivity contribution is 9.10. The zero-order valence-electron chi connectivity index (χ0n) is 11.7. The Labute approximate surface area is 136 Å². The summed E-state index contributed by atoms with van der Waals surface area (Å²) in [5.74, 6) is 0.842. The molecule has 0 aliphatic rings. The molecule has 1 heterocycles. The molecule has 3 aromatic rings. The van der Waals surface area contributed by atoms with Gasteiger partial charge in [-0.05, 0) is 35.9 Å². The first-order valence-corrected chi connectivity index (χ1v) is 8.45. The maximum Gasteiger partial charge on any atom is 0.125 e. The molecule has 1 atom stereocenters. The van der Waals surface area contributed by atoms with Gasteiger partial charge in [-0.15, -0.1) is 11.3 Å². The molecule has 0 fully saturated rings. The molecule has 21 heavy (non-hydrogen) atoms. The summed E-state index contributed by atoms with van der Waals surface area (Å²) in [4.78, 5) is 0. The van der Waals surface area contributed by atoms with Crippen LogP contribution < -0.4 is 10.5 Å². The Balaban J connectivity index is 1.86. The summed E-state index contributed by atoms with van der Waals surface area (Å²) in [6.07, 6.45) is 0.